The van der Waals surface area contributed by atoms with Gasteiger partial charge in [-0.05, 0) is 6.92 Å². The number of rotatable bonds is 5. The summed E-state index contributed by atoms with van der Waals surface area (Å²) in [7, 11) is 5.90. The van der Waals surface area contributed by atoms with Crippen molar-refractivity contribution in [3.05, 3.63) is 0 Å². The molecule has 0 spiro atoms. The smallest absolute Gasteiger partial charge is 0.308 e. The minimum absolute atomic E-state index is 0.0867. The van der Waals surface area contributed by atoms with E-state index in [2.05, 4.69) is 0 Å². The Labute approximate surface area is 79.7 Å². The summed E-state index contributed by atoms with van der Waals surface area (Å²) in [4.78, 5) is 11.0. The Morgan fingerprint density at radius 2 is 2.00 bits per heavy atom. The highest BCUT2D eigenvalue weighted by molar-refractivity contribution is 5.69. The number of likely N-dealkylation sites (N-methyl/N-ethyl adjacent to an activating group) is 1. The Kier molecular flexibility index (Phi) is 4.95. The van der Waals surface area contributed by atoms with Crippen molar-refractivity contribution in [1.82, 2.24) is 0 Å². The molecule has 0 radical (unpaired) electrons. The van der Waals surface area contributed by atoms with Gasteiger partial charge in [-0.15, -0.1) is 0 Å². The highest BCUT2D eigenvalue weighted by atomic mass is 16.5. The van der Waals surface area contributed by atoms with E-state index in [0.717, 1.165) is 0 Å². The highest BCUT2D eigenvalue weighted by Gasteiger charge is 2.18. The van der Waals surface area contributed by atoms with Gasteiger partial charge in [0.05, 0.1) is 34.2 Å². The molecular formula is C9H20NO3+. The van der Waals surface area contributed by atoms with Crippen LogP contribution in [0.15, 0.2) is 0 Å². The van der Waals surface area contributed by atoms with Gasteiger partial charge in [0.15, 0.2) is 0 Å². The molecule has 0 aliphatic carbocycles. The molecular weight excluding hydrogens is 170 g/mol. The lowest BCUT2D eigenvalue weighted by Crippen LogP contribution is -2.42. The first kappa shape index (κ1) is 12.4. The SMILES string of the molecule is CCOC(=O)CC(O)C[N+](C)(C)C. The van der Waals surface area contributed by atoms with Gasteiger partial charge in [0.2, 0.25) is 0 Å². The lowest BCUT2D eigenvalue weighted by atomic mass is 10.2. The minimum atomic E-state index is -0.612. The molecule has 0 saturated carbocycles. The number of esters is 1. The maximum Gasteiger partial charge on any atom is 0.308 e. The first-order valence-corrected chi connectivity index (χ1v) is 4.49. The average molecular weight is 190 g/mol. The summed E-state index contributed by atoms with van der Waals surface area (Å²) in [6.07, 6.45) is -0.525. The molecule has 1 unspecified atom stereocenters. The summed E-state index contributed by atoms with van der Waals surface area (Å²) < 4.78 is 5.36. The maximum absolute atomic E-state index is 11.0. The van der Waals surface area contributed by atoms with E-state index >= 15 is 0 Å². The fourth-order valence-corrected chi connectivity index (χ4v) is 1.11. The largest absolute Gasteiger partial charge is 0.466 e. The zero-order valence-electron chi connectivity index (χ0n) is 8.91. The second kappa shape index (κ2) is 5.19. The molecule has 0 aliphatic heterocycles. The third-order valence-corrected chi connectivity index (χ3v) is 1.47. The number of nitrogens with zero attached hydrogens (tertiary/aromatic N) is 1. The summed E-state index contributed by atoms with van der Waals surface area (Å²) in [5.74, 6) is -0.330. The molecule has 4 nitrogen and oxygen atoms in total. The Morgan fingerprint density at radius 3 is 2.38 bits per heavy atom. The molecule has 0 amide bonds. The zero-order chi connectivity index (χ0) is 10.5. The topological polar surface area (TPSA) is 46.5 Å². The van der Waals surface area contributed by atoms with Gasteiger partial charge in [-0.3, -0.25) is 4.79 Å². The molecule has 0 aliphatic rings. The van der Waals surface area contributed by atoms with Crippen molar-refractivity contribution in [3.8, 4) is 0 Å². The molecule has 0 saturated heterocycles. The van der Waals surface area contributed by atoms with E-state index in [9.17, 15) is 9.90 Å². The van der Waals surface area contributed by atoms with Crippen molar-refractivity contribution in [2.24, 2.45) is 0 Å². The second-order valence-corrected chi connectivity index (χ2v) is 4.14. The normalized spacial score (nSPS) is 13.9. The molecule has 1 atom stereocenters. The number of carbonyl (C=O) groups excluding carboxylic acids is 1. The van der Waals surface area contributed by atoms with Gasteiger partial charge in [0.1, 0.15) is 12.6 Å². The van der Waals surface area contributed by atoms with Crippen molar-refractivity contribution in [3.63, 3.8) is 0 Å². The maximum atomic E-state index is 11.0. The van der Waals surface area contributed by atoms with Crippen LogP contribution in [0.3, 0.4) is 0 Å². The van der Waals surface area contributed by atoms with Crippen molar-refractivity contribution in [2.75, 3.05) is 34.3 Å². The number of aliphatic hydroxyl groups excluding tert-OH is 1. The fourth-order valence-electron chi connectivity index (χ4n) is 1.11. The van der Waals surface area contributed by atoms with E-state index in [4.69, 9.17) is 4.74 Å². The number of quaternary nitrogens is 1. The fraction of sp³-hybridized carbons (Fsp3) is 0.889. The van der Waals surface area contributed by atoms with Gasteiger partial charge in [-0.2, -0.15) is 0 Å². The zero-order valence-corrected chi connectivity index (χ0v) is 8.91. The second-order valence-electron chi connectivity index (χ2n) is 4.14. The molecule has 13 heavy (non-hydrogen) atoms. The monoisotopic (exact) mass is 190 g/mol. The minimum Gasteiger partial charge on any atom is -0.466 e. The molecule has 1 N–H and O–H groups in total. The van der Waals surface area contributed by atoms with E-state index in [0.29, 0.717) is 17.6 Å². The van der Waals surface area contributed by atoms with E-state index in [1.807, 2.05) is 21.1 Å². The lowest BCUT2D eigenvalue weighted by molar-refractivity contribution is -0.873. The molecule has 0 fully saturated rings. The predicted molar refractivity (Wildman–Crippen MR) is 50.2 cm³/mol. The highest BCUT2D eigenvalue weighted by Crippen LogP contribution is 2.00. The van der Waals surface area contributed by atoms with Crippen LogP contribution in [0, 0.1) is 0 Å². The lowest BCUT2D eigenvalue weighted by Gasteiger charge is -2.26. The third-order valence-electron chi connectivity index (χ3n) is 1.47. The predicted octanol–water partition coefficient (Wildman–Crippen LogP) is 0.00670. The molecule has 0 aromatic heterocycles. The standard InChI is InChI=1S/C9H20NO3/c1-5-13-9(12)6-8(11)7-10(2,3)4/h8,11H,5-7H2,1-4H3/q+1. The van der Waals surface area contributed by atoms with Crippen LogP contribution in [0.4, 0.5) is 0 Å². The van der Waals surface area contributed by atoms with Crippen LogP contribution in [0.25, 0.3) is 0 Å². The molecule has 0 aromatic carbocycles. The molecule has 0 bridgehead atoms. The Morgan fingerprint density at radius 1 is 1.46 bits per heavy atom. The van der Waals surface area contributed by atoms with Crippen molar-refractivity contribution in [1.29, 1.82) is 0 Å². The van der Waals surface area contributed by atoms with E-state index < -0.39 is 6.10 Å². The Hall–Kier alpha value is -0.610. The van der Waals surface area contributed by atoms with Gasteiger partial charge in [-0.25, -0.2) is 0 Å². The Bertz CT molecular complexity index is 163. The molecule has 0 heterocycles. The van der Waals surface area contributed by atoms with E-state index in [1.165, 1.54) is 0 Å². The van der Waals surface area contributed by atoms with Gasteiger partial charge < -0.3 is 14.3 Å². The first-order chi connectivity index (χ1) is 5.85. The number of hydrogen-bond donors (Lipinski definition) is 1. The summed E-state index contributed by atoms with van der Waals surface area (Å²) >= 11 is 0. The summed E-state index contributed by atoms with van der Waals surface area (Å²) in [5.41, 5.74) is 0. The molecule has 78 valence electrons. The van der Waals surface area contributed by atoms with Crippen molar-refractivity contribution >= 4 is 5.97 Å². The van der Waals surface area contributed by atoms with Crippen LogP contribution < -0.4 is 0 Å². The van der Waals surface area contributed by atoms with Gasteiger partial charge in [-0.1, -0.05) is 0 Å². The number of hydrogen-bond acceptors (Lipinski definition) is 3. The molecule has 0 rings (SSSR count). The number of aliphatic hydroxyl groups is 1. The van der Waals surface area contributed by atoms with Gasteiger partial charge >= 0.3 is 5.97 Å². The number of ether oxygens (including phenoxy) is 1. The van der Waals surface area contributed by atoms with Crippen molar-refractivity contribution < 1.29 is 19.1 Å². The van der Waals surface area contributed by atoms with Crippen LogP contribution in [0.5, 0.6) is 0 Å². The van der Waals surface area contributed by atoms with Crippen LogP contribution in [-0.4, -0.2) is 56.0 Å². The number of carbonyl (C=O) groups is 1. The quantitative estimate of drug-likeness (QED) is 0.490. The first-order valence-electron chi connectivity index (χ1n) is 4.49. The van der Waals surface area contributed by atoms with Gasteiger partial charge in [0.25, 0.3) is 0 Å². The van der Waals surface area contributed by atoms with Crippen LogP contribution in [0.2, 0.25) is 0 Å². The van der Waals surface area contributed by atoms with Crippen LogP contribution in [-0.2, 0) is 9.53 Å². The average Bonchev–Trinajstić information content (AvgIpc) is 1.81. The van der Waals surface area contributed by atoms with Crippen molar-refractivity contribution in [2.45, 2.75) is 19.4 Å². The summed E-state index contributed by atoms with van der Waals surface area (Å²) in [5, 5.41) is 9.47. The van der Waals surface area contributed by atoms with E-state index in [-0.39, 0.29) is 12.4 Å². The molecule has 4 heteroatoms. The third kappa shape index (κ3) is 7.74. The summed E-state index contributed by atoms with van der Waals surface area (Å²) in [6.45, 7) is 2.68. The Balaban J connectivity index is 3.74. The van der Waals surface area contributed by atoms with Crippen LogP contribution >= 0.6 is 0 Å². The summed E-state index contributed by atoms with van der Waals surface area (Å²) in [6, 6.07) is 0. The van der Waals surface area contributed by atoms with Gasteiger partial charge in [0, 0.05) is 0 Å². The molecule has 0 aromatic rings. The van der Waals surface area contributed by atoms with Crippen LogP contribution in [0.1, 0.15) is 13.3 Å². The van der Waals surface area contributed by atoms with E-state index in [1.54, 1.807) is 6.92 Å².